The summed E-state index contributed by atoms with van der Waals surface area (Å²) < 4.78 is 37.4. The standard InChI is InChI=1S/C20H28N6O4S/c1-6-14(16-11-10-12(2)30-16)22-18-19(25-31(28,29)24-18)23-15-9-7-8-13(17(15)27)20(21-3)26(4)5/h7-10,14,16,27H,6,11H2,1-5H3,(H,22,24)(H,23,25)/b21-20-/t14-,16?/m1/s1. The first kappa shape index (κ1) is 22.6. The third-order valence-corrected chi connectivity index (χ3v) is 5.82. The van der Waals surface area contributed by atoms with Crippen molar-refractivity contribution < 1.29 is 18.3 Å². The maximum atomic E-state index is 12.1. The summed E-state index contributed by atoms with van der Waals surface area (Å²) in [6, 6.07) is 4.91. The van der Waals surface area contributed by atoms with E-state index in [1.54, 1.807) is 30.1 Å². The largest absolute Gasteiger partial charge is 0.505 e. The molecule has 2 aliphatic heterocycles. The molecule has 2 heterocycles. The number of hydrogen-bond donors (Lipinski definition) is 3. The van der Waals surface area contributed by atoms with E-state index in [4.69, 9.17) is 4.74 Å². The Bertz CT molecular complexity index is 1080. The van der Waals surface area contributed by atoms with E-state index in [9.17, 15) is 13.5 Å². The van der Waals surface area contributed by atoms with E-state index in [0.717, 1.165) is 12.2 Å². The highest BCUT2D eigenvalue weighted by Gasteiger charge is 2.31. The van der Waals surface area contributed by atoms with Crippen molar-refractivity contribution >= 4 is 33.4 Å². The van der Waals surface area contributed by atoms with Crippen molar-refractivity contribution in [1.29, 1.82) is 0 Å². The molecule has 0 spiro atoms. The summed E-state index contributed by atoms with van der Waals surface area (Å²) in [6.45, 7) is 3.86. The van der Waals surface area contributed by atoms with E-state index >= 15 is 0 Å². The normalized spacial score (nSPS) is 21.0. The molecule has 2 aliphatic rings. The first-order chi connectivity index (χ1) is 14.6. The Morgan fingerprint density at radius 3 is 2.65 bits per heavy atom. The van der Waals surface area contributed by atoms with Crippen LogP contribution in [-0.4, -0.2) is 69.2 Å². The van der Waals surface area contributed by atoms with Gasteiger partial charge in [0.2, 0.25) is 0 Å². The average Bonchev–Trinajstić information content (AvgIpc) is 3.25. The lowest BCUT2D eigenvalue weighted by Crippen LogP contribution is -2.46. The SMILES string of the molecule is CC[C@@H](NC1=NS(=O)(=O)N=C1Nc1cccc(/C(=N/C)N(C)C)c1O)C1CC=C(C)O1. The topological polar surface area (TPSA) is 128 Å². The summed E-state index contributed by atoms with van der Waals surface area (Å²) in [7, 11) is 1.23. The van der Waals surface area contributed by atoms with Gasteiger partial charge in [0.25, 0.3) is 0 Å². The number of aromatic hydroxyl groups is 1. The first-order valence-corrected chi connectivity index (χ1v) is 11.3. The van der Waals surface area contributed by atoms with Crippen LogP contribution in [0.25, 0.3) is 0 Å². The Hall–Kier alpha value is -3.08. The molecule has 0 aliphatic carbocycles. The van der Waals surface area contributed by atoms with Crippen molar-refractivity contribution in [2.24, 2.45) is 13.8 Å². The number of anilines is 1. The molecule has 0 radical (unpaired) electrons. The van der Waals surface area contributed by atoms with Crippen molar-refractivity contribution in [3.8, 4) is 5.75 Å². The van der Waals surface area contributed by atoms with Crippen molar-refractivity contribution in [3.05, 3.63) is 35.6 Å². The van der Waals surface area contributed by atoms with Crippen molar-refractivity contribution in [2.75, 3.05) is 26.5 Å². The van der Waals surface area contributed by atoms with Crippen molar-refractivity contribution in [3.63, 3.8) is 0 Å². The fourth-order valence-electron chi connectivity index (χ4n) is 3.53. The molecular weight excluding hydrogens is 420 g/mol. The molecule has 0 amide bonds. The molecule has 168 valence electrons. The summed E-state index contributed by atoms with van der Waals surface area (Å²) in [5.74, 6) is 1.43. The Morgan fingerprint density at radius 1 is 1.35 bits per heavy atom. The van der Waals surface area contributed by atoms with Gasteiger partial charge in [-0.15, -0.1) is 8.80 Å². The maximum Gasteiger partial charge on any atom is 0.367 e. The Kier molecular flexibility index (Phi) is 6.54. The lowest BCUT2D eigenvalue weighted by molar-refractivity contribution is 0.112. The average molecular weight is 449 g/mol. The van der Waals surface area contributed by atoms with E-state index in [-0.39, 0.29) is 35.3 Å². The molecule has 11 heteroatoms. The molecule has 31 heavy (non-hydrogen) atoms. The quantitative estimate of drug-likeness (QED) is 0.356. The number of hydrogen-bond acceptors (Lipinski definition) is 7. The van der Waals surface area contributed by atoms with Gasteiger partial charge in [0.15, 0.2) is 11.7 Å². The van der Waals surface area contributed by atoms with Crippen LogP contribution in [0.3, 0.4) is 0 Å². The second-order valence-electron chi connectivity index (χ2n) is 7.46. The number of rotatable bonds is 5. The molecule has 1 aromatic rings. The van der Waals surface area contributed by atoms with Crippen LogP contribution in [0.15, 0.2) is 43.8 Å². The molecule has 3 rings (SSSR count). The molecule has 0 bridgehead atoms. The second kappa shape index (κ2) is 8.96. The Balaban J connectivity index is 1.86. The van der Waals surface area contributed by atoms with Crippen molar-refractivity contribution in [2.45, 2.75) is 38.8 Å². The monoisotopic (exact) mass is 448 g/mol. The zero-order valence-corrected chi connectivity index (χ0v) is 19.1. The van der Waals surface area contributed by atoms with Crippen LogP contribution in [0, 0.1) is 0 Å². The van der Waals surface area contributed by atoms with E-state index in [0.29, 0.717) is 17.8 Å². The highest BCUT2D eigenvalue weighted by Crippen LogP contribution is 2.29. The minimum atomic E-state index is -4.03. The van der Waals surface area contributed by atoms with E-state index in [1.807, 2.05) is 34.0 Å². The van der Waals surface area contributed by atoms with Crippen LogP contribution in [0.5, 0.6) is 5.75 Å². The highest BCUT2D eigenvalue weighted by atomic mass is 32.2. The summed E-state index contributed by atoms with van der Waals surface area (Å²) >= 11 is 0. The van der Waals surface area contributed by atoms with Gasteiger partial charge in [0.05, 0.1) is 23.1 Å². The van der Waals surface area contributed by atoms with E-state index in [1.165, 1.54) is 0 Å². The number of amidine groups is 3. The third kappa shape index (κ3) is 4.98. The van der Waals surface area contributed by atoms with Gasteiger partial charge in [-0.2, -0.15) is 8.42 Å². The van der Waals surface area contributed by atoms with Gasteiger partial charge < -0.3 is 25.4 Å². The molecule has 0 fully saturated rings. The number of aliphatic imine (C=N–C) groups is 1. The molecular formula is C20H28N6O4S. The molecule has 1 unspecified atom stereocenters. The second-order valence-corrected chi connectivity index (χ2v) is 8.72. The van der Waals surface area contributed by atoms with Crippen LogP contribution in [0.4, 0.5) is 5.69 Å². The first-order valence-electron chi connectivity index (χ1n) is 9.93. The van der Waals surface area contributed by atoms with Gasteiger partial charge in [0.1, 0.15) is 17.7 Å². The van der Waals surface area contributed by atoms with Crippen LogP contribution in [-0.2, 0) is 14.9 Å². The van der Waals surface area contributed by atoms with Crippen molar-refractivity contribution in [1.82, 2.24) is 10.2 Å². The van der Waals surface area contributed by atoms with Gasteiger partial charge in [0, 0.05) is 27.6 Å². The summed E-state index contributed by atoms with van der Waals surface area (Å²) in [5.41, 5.74) is 0.784. The number of nitrogens with zero attached hydrogens (tertiary/aromatic N) is 4. The molecule has 0 aromatic heterocycles. The highest BCUT2D eigenvalue weighted by molar-refractivity contribution is 7.89. The minimum absolute atomic E-state index is 0.00779. The lowest BCUT2D eigenvalue weighted by Gasteiger charge is -2.25. The van der Waals surface area contributed by atoms with Crippen LogP contribution in [0.2, 0.25) is 0 Å². The molecule has 3 N–H and O–H groups in total. The van der Waals surface area contributed by atoms with Crippen LogP contribution >= 0.6 is 0 Å². The van der Waals surface area contributed by atoms with Gasteiger partial charge in [-0.05, 0) is 31.6 Å². The number of phenols is 1. The zero-order chi connectivity index (χ0) is 22.8. The molecule has 2 atom stereocenters. The number of nitrogens with one attached hydrogen (secondary N) is 2. The van der Waals surface area contributed by atoms with Gasteiger partial charge >= 0.3 is 10.2 Å². The molecule has 0 saturated carbocycles. The molecule has 0 saturated heterocycles. The van der Waals surface area contributed by atoms with Gasteiger partial charge in [-0.1, -0.05) is 13.0 Å². The fraction of sp³-hybridized carbons (Fsp3) is 0.450. The maximum absolute atomic E-state index is 12.1. The fourth-order valence-corrected chi connectivity index (χ4v) is 4.30. The van der Waals surface area contributed by atoms with E-state index < -0.39 is 10.2 Å². The van der Waals surface area contributed by atoms with E-state index in [2.05, 4.69) is 24.4 Å². The predicted octanol–water partition coefficient (Wildman–Crippen LogP) is 1.86. The minimum Gasteiger partial charge on any atom is -0.505 e. The number of para-hydroxylation sites is 1. The summed E-state index contributed by atoms with van der Waals surface area (Å²) in [6.07, 6.45) is 3.29. The van der Waals surface area contributed by atoms with Crippen LogP contribution < -0.4 is 10.6 Å². The number of phenolic OH excluding ortho intramolecular Hbond substituents is 1. The van der Waals surface area contributed by atoms with Gasteiger partial charge in [-0.3, -0.25) is 4.99 Å². The number of benzene rings is 1. The zero-order valence-electron chi connectivity index (χ0n) is 18.2. The molecule has 10 nitrogen and oxygen atoms in total. The Morgan fingerprint density at radius 2 is 2.06 bits per heavy atom. The predicted molar refractivity (Wildman–Crippen MR) is 122 cm³/mol. The summed E-state index contributed by atoms with van der Waals surface area (Å²) in [5, 5.41) is 16.8. The third-order valence-electron chi connectivity index (χ3n) is 4.99. The summed E-state index contributed by atoms with van der Waals surface area (Å²) in [4.78, 5) is 5.98. The Labute approximate surface area is 182 Å². The smallest absolute Gasteiger partial charge is 0.367 e. The molecule has 1 aromatic carbocycles. The number of allylic oxidation sites excluding steroid dienone is 1. The van der Waals surface area contributed by atoms with Gasteiger partial charge in [-0.25, -0.2) is 0 Å². The lowest BCUT2D eigenvalue weighted by atomic mass is 10.1. The van der Waals surface area contributed by atoms with Crippen LogP contribution in [0.1, 0.15) is 32.3 Å². The number of ether oxygens (including phenoxy) is 1.